The number of rotatable bonds is 5. The van der Waals surface area contributed by atoms with Crippen LogP contribution in [0.25, 0.3) is 0 Å². The molecule has 0 radical (unpaired) electrons. The van der Waals surface area contributed by atoms with Gasteiger partial charge in [-0.25, -0.2) is 13.2 Å². The van der Waals surface area contributed by atoms with E-state index in [0.717, 1.165) is 7.11 Å². The Hall–Kier alpha value is -1.73. The largest absolute Gasteiger partial charge is 0.465 e. The van der Waals surface area contributed by atoms with E-state index < -0.39 is 21.5 Å². The third kappa shape index (κ3) is 3.62. The minimum atomic E-state index is -4.00. The smallest absolute Gasteiger partial charge is 0.339 e. The number of sulfonamides is 1. The zero-order valence-electron chi connectivity index (χ0n) is 10.8. The van der Waals surface area contributed by atoms with E-state index in [1.54, 1.807) is 0 Å². The van der Waals surface area contributed by atoms with Gasteiger partial charge in [-0.05, 0) is 26.0 Å². The van der Waals surface area contributed by atoms with Gasteiger partial charge in [0, 0.05) is 0 Å². The number of aldehydes is 1. The number of esters is 1. The van der Waals surface area contributed by atoms with Gasteiger partial charge >= 0.3 is 5.97 Å². The van der Waals surface area contributed by atoms with E-state index >= 15 is 0 Å². The van der Waals surface area contributed by atoms with Crippen molar-refractivity contribution in [2.45, 2.75) is 24.3 Å². The fraction of sp³-hybridized carbons (Fsp3) is 0.333. The number of ether oxygens (including phenoxy) is 1. The minimum absolute atomic E-state index is 0.0841. The fourth-order valence-corrected chi connectivity index (χ4v) is 2.95. The van der Waals surface area contributed by atoms with E-state index in [-0.39, 0.29) is 10.5 Å². The van der Waals surface area contributed by atoms with E-state index in [0.29, 0.717) is 6.29 Å². The quantitative estimate of drug-likeness (QED) is 0.636. The van der Waals surface area contributed by atoms with Crippen LogP contribution in [-0.4, -0.2) is 33.3 Å². The molecule has 0 aliphatic rings. The summed E-state index contributed by atoms with van der Waals surface area (Å²) in [5.74, 6) is -0.759. The molecule has 0 fully saturated rings. The van der Waals surface area contributed by atoms with Crippen LogP contribution in [0.4, 0.5) is 0 Å². The molecule has 0 saturated heterocycles. The molecule has 0 amide bonds. The van der Waals surface area contributed by atoms with Crippen LogP contribution in [0, 0.1) is 0 Å². The molecule has 0 aliphatic heterocycles. The lowest BCUT2D eigenvalue weighted by atomic mass is 10.1. The molecular formula is C12H15NO5S. The van der Waals surface area contributed by atoms with Crippen molar-refractivity contribution in [3.05, 3.63) is 29.8 Å². The first-order chi connectivity index (χ1) is 8.73. The van der Waals surface area contributed by atoms with Gasteiger partial charge in [-0.3, -0.25) is 0 Å². The van der Waals surface area contributed by atoms with Gasteiger partial charge in [-0.2, -0.15) is 4.72 Å². The average Bonchev–Trinajstić information content (AvgIpc) is 2.36. The third-order valence-corrected chi connectivity index (χ3v) is 4.00. The van der Waals surface area contributed by atoms with Crippen molar-refractivity contribution in [3.8, 4) is 0 Å². The highest BCUT2D eigenvalue weighted by molar-refractivity contribution is 7.89. The standard InChI is InChI=1S/C12H15NO5S/c1-12(2,8-14)13-19(16,17)10-7-5-4-6-9(10)11(15)18-3/h4-8,13H,1-3H3. The van der Waals surface area contributed by atoms with Crippen LogP contribution in [0.1, 0.15) is 24.2 Å². The van der Waals surface area contributed by atoms with Crippen molar-refractivity contribution in [2.24, 2.45) is 0 Å². The molecule has 7 heteroatoms. The van der Waals surface area contributed by atoms with Gasteiger partial charge in [0.15, 0.2) is 0 Å². The van der Waals surface area contributed by atoms with Gasteiger partial charge in [0.25, 0.3) is 0 Å². The molecule has 0 bridgehead atoms. The molecule has 1 aromatic rings. The Labute approximate surface area is 111 Å². The number of carbonyl (C=O) groups excluding carboxylic acids is 2. The lowest BCUT2D eigenvalue weighted by molar-refractivity contribution is -0.111. The monoisotopic (exact) mass is 285 g/mol. The van der Waals surface area contributed by atoms with Crippen LogP contribution in [0.15, 0.2) is 29.2 Å². The first kappa shape index (κ1) is 15.3. The van der Waals surface area contributed by atoms with Crippen LogP contribution in [-0.2, 0) is 19.6 Å². The number of hydrogen-bond acceptors (Lipinski definition) is 5. The predicted octanol–water partition coefficient (Wildman–Crippen LogP) is 0.729. The highest BCUT2D eigenvalue weighted by Crippen LogP contribution is 2.18. The maximum absolute atomic E-state index is 12.2. The molecule has 1 aromatic carbocycles. The normalized spacial score (nSPS) is 11.9. The lowest BCUT2D eigenvalue weighted by Gasteiger charge is -2.19. The number of benzene rings is 1. The van der Waals surface area contributed by atoms with Gasteiger partial charge in [-0.1, -0.05) is 12.1 Å². The Balaban J connectivity index is 3.30. The summed E-state index contributed by atoms with van der Waals surface area (Å²) in [6.07, 6.45) is 0.477. The second-order valence-electron chi connectivity index (χ2n) is 4.43. The summed E-state index contributed by atoms with van der Waals surface area (Å²) >= 11 is 0. The molecule has 104 valence electrons. The summed E-state index contributed by atoms with van der Waals surface area (Å²) in [5, 5.41) is 0. The summed E-state index contributed by atoms with van der Waals surface area (Å²) in [7, 11) is -2.84. The van der Waals surface area contributed by atoms with Crippen molar-refractivity contribution in [1.29, 1.82) is 0 Å². The molecular weight excluding hydrogens is 270 g/mol. The molecule has 19 heavy (non-hydrogen) atoms. The second-order valence-corrected chi connectivity index (χ2v) is 6.08. The summed E-state index contributed by atoms with van der Waals surface area (Å²) in [6, 6.07) is 5.62. The van der Waals surface area contributed by atoms with Crippen molar-refractivity contribution in [3.63, 3.8) is 0 Å². The summed E-state index contributed by atoms with van der Waals surface area (Å²) < 4.78 is 31.1. The van der Waals surface area contributed by atoms with E-state index in [1.165, 1.54) is 38.1 Å². The summed E-state index contributed by atoms with van der Waals surface area (Å²) in [6.45, 7) is 2.83. The molecule has 0 unspecified atom stereocenters. The Bertz CT molecular complexity index is 592. The number of nitrogens with one attached hydrogen (secondary N) is 1. The van der Waals surface area contributed by atoms with Gasteiger partial charge in [0.1, 0.15) is 6.29 Å². The molecule has 6 nitrogen and oxygen atoms in total. The maximum Gasteiger partial charge on any atom is 0.339 e. The summed E-state index contributed by atoms with van der Waals surface area (Å²) in [5.41, 5.74) is -1.35. The lowest BCUT2D eigenvalue weighted by Crippen LogP contribution is -2.44. The topological polar surface area (TPSA) is 89.5 Å². The van der Waals surface area contributed by atoms with Gasteiger partial charge in [0.2, 0.25) is 10.0 Å². The SMILES string of the molecule is COC(=O)c1ccccc1S(=O)(=O)NC(C)(C)C=O. The van der Waals surface area contributed by atoms with Crippen molar-refractivity contribution in [2.75, 3.05) is 7.11 Å². The van der Waals surface area contributed by atoms with Crippen molar-refractivity contribution >= 4 is 22.3 Å². The Morgan fingerprint density at radius 2 is 1.89 bits per heavy atom. The van der Waals surface area contributed by atoms with Crippen LogP contribution in [0.5, 0.6) is 0 Å². The van der Waals surface area contributed by atoms with Crippen molar-refractivity contribution in [1.82, 2.24) is 4.72 Å². The van der Waals surface area contributed by atoms with Crippen LogP contribution in [0.2, 0.25) is 0 Å². The number of carbonyl (C=O) groups is 2. The Morgan fingerprint density at radius 3 is 2.42 bits per heavy atom. The number of methoxy groups -OCH3 is 1. The first-order valence-corrected chi connectivity index (χ1v) is 6.89. The zero-order valence-corrected chi connectivity index (χ0v) is 11.7. The minimum Gasteiger partial charge on any atom is -0.465 e. The van der Waals surface area contributed by atoms with E-state index in [2.05, 4.69) is 9.46 Å². The Kier molecular flexibility index (Phi) is 4.43. The first-order valence-electron chi connectivity index (χ1n) is 5.41. The van der Waals surface area contributed by atoms with E-state index in [1.807, 2.05) is 0 Å². The van der Waals surface area contributed by atoms with Crippen LogP contribution < -0.4 is 4.72 Å². The van der Waals surface area contributed by atoms with Gasteiger partial charge < -0.3 is 9.53 Å². The van der Waals surface area contributed by atoms with Gasteiger partial charge in [0.05, 0.1) is 23.1 Å². The highest BCUT2D eigenvalue weighted by atomic mass is 32.2. The maximum atomic E-state index is 12.2. The van der Waals surface area contributed by atoms with Crippen LogP contribution >= 0.6 is 0 Å². The highest BCUT2D eigenvalue weighted by Gasteiger charge is 2.29. The fourth-order valence-electron chi connectivity index (χ4n) is 1.40. The molecule has 1 rings (SSSR count). The predicted molar refractivity (Wildman–Crippen MR) is 68.2 cm³/mol. The Morgan fingerprint density at radius 1 is 1.32 bits per heavy atom. The van der Waals surface area contributed by atoms with Crippen LogP contribution in [0.3, 0.4) is 0 Å². The summed E-state index contributed by atoms with van der Waals surface area (Å²) in [4.78, 5) is 22.1. The molecule has 0 atom stereocenters. The molecule has 0 aromatic heterocycles. The second kappa shape index (κ2) is 5.50. The molecule has 0 heterocycles. The van der Waals surface area contributed by atoms with Crippen molar-refractivity contribution < 1.29 is 22.7 Å². The number of hydrogen-bond donors (Lipinski definition) is 1. The molecule has 1 N–H and O–H groups in total. The molecule has 0 aliphatic carbocycles. The molecule has 0 saturated carbocycles. The average molecular weight is 285 g/mol. The van der Waals surface area contributed by atoms with E-state index in [4.69, 9.17) is 0 Å². The third-order valence-electron chi connectivity index (χ3n) is 2.27. The zero-order chi connectivity index (χ0) is 14.7. The van der Waals surface area contributed by atoms with Gasteiger partial charge in [-0.15, -0.1) is 0 Å². The molecule has 0 spiro atoms. The van der Waals surface area contributed by atoms with E-state index in [9.17, 15) is 18.0 Å².